The number of para-hydroxylation sites is 1. The molecule has 2 aromatic carbocycles. The summed E-state index contributed by atoms with van der Waals surface area (Å²) in [6.07, 6.45) is 3.54. The van der Waals surface area contributed by atoms with Crippen molar-refractivity contribution in [2.24, 2.45) is 5.10 Å². The molecular formula is C23H26BrN3O2. The first kappa shape index (κ1) is 21.2. The zero-order chi connectivity index (χ0) is 21.0. The fourth-order valence-corrected chi connectivity index (χ4v) is 3.25. The lowest BCUT2D eigenvalue weighted by atomic mass is 10.1. The van der Waals surface area contributed by atoms with Gasteiger partial charge in [-0.25, -0.2) is 4.98 Å². The lowest BCUT2D eigenvalue weighted by molar-refractivity contribution is 0.217. The summed E-state index contributed by atoms with van der Waals surface area (Å²) in [4.78, 5) is 18.0. The van der Waals surface area contributed by atoms with E-state index in [1.54, 1.807) is 12.3 Å². The number of hydrogen-bond donors (Lipinski definition) is 0. The van der Waals surface area contributed by atoms with E-state index in [0.29, 0.717) is 16.7 Å². The van der Waals surface area contributed by atoms with Crippen molar-refractivity contribution in [3.8, 4) is 5.75 Å². The lowest BCUT2D eigenvalue weighted by Gasteiger charge is -2.15. The van der Waals surface area contributed by atoms with Gasteiger partial charge in [-0.2, -0.15) is 9.78 Å². The first-order chi connectivity index (χ1) is 13.9. The Kier molecular flexibility index (Phi) is 6.85. The van der Waals surface area contributed by atoms with Crippen molar-refractivity contribution in [2.75, 3.05) is 0 Å². The monoisotopic (exact) mass is 455 g/mol. The molecule has 0 unspecified atom stereocenters. The zero-order valence-corrected chi connectivity index (χ0v) is 18.8. The molecule has 2 atom stereocenters. The molecule has 0 saturated heterocycles. The highest BCUT2D eigenvalue weighted by atomic mass is 79.9. The number of rotatable bonds is 7. The standard InChI is InChI=1S/C23H26BrN3O2/c1-5-15(3)22-26-20-12-11-18(24)13-19(20)23(28)27(22)25-14-17-9-7-8-10-21(17)29-16(4)6-2/h7-16H,5-6H2,1-4H3/t15-,16+/m1/s1. The molecule has 0 fully saturated rings. The van der Waals surface area contributed by atoms with Crippen molar-refractivity contribution in [3.63, 3.8) is 0 Å². The minimum absolute atomic E-state index is 0.0968. The van der Waals surface area contributed by atoms with E-state index < -0.39 is 0 Å². The first-order valence-corrected chi connectivity index (χ1v) is 10.8. The van der Waals surface area contributed by atoms with Crippen LogP contribution in [0.2, 0.25) is 0 Å². The molecule has 0 amide bonds. The van der Waals surface area contributed by atoms with Crippen LogP contribution in [-0.4, -0.2) is 22.0 Å². The molecule has 0 bridgehead atoms. The Morgan fingerprint density at radius 1 is 1.17 bits per heavy atom. The molecule has 0 radical (unpaired) electrons. The fourth-order valence-electron chi connectivity index (χ4n) is 2.89. The van der Waals surface area contributed by atoms with Gasteiger partial charge in [0, 0.05) is 16.0 Å². The van der Waals surface area contributed by atoms with Crippen LogP contribution in [0.5, 0.6) is 5.75 Å². The highest BCUT2D eigenvalue weighted by Gasteiger charge is 2.16. The summed E-state index contributed by atoms with van der Waals surface area (Å²) < 4.78 is 8.25. The van der Waals surface area contributed by atoms with Gasteiger partial charge in [-0.3, -0.25) is 4.79 Å². The van der Waals surface area contributed by atoms with Crippen LogP contribution in [0, 0.1) is 0 Å². The number of halogens is 1. The minimum atomic E-state index is -0.178. The van der Waals surface area contributed by atoms with Gasteiger partial charge in [0.15, 0.2) is 0 Å². The summed E-state index contributed by atoms with van der Waals surface area (Å²) in [5.41, 5.74) is 1.33. The normalized spacial score (nSPS) is 13.7. The van der Waals surface area contributed by atoms with Crippen LogP contribution in [-0.2, 0) is 0 Å². The van der Waals surface area contributed by atoms with Gasteiger partial charge in [0.2, 0.25) is 0 Å². The molecule has 0 N–H and O–H groups in total. The van der Waals surface area contributed by atoms with Crippen LogP contribution in [0.4, 0.5) is 0 Å². The number of hydrogen-bond acceptors (Lipinski definition) is 4. The van der Waals surface area contributed by atoms with Crippen LogP contribution >= 0.6 is 15.9 Å². The smallest absolute Gasteiger partial charge is 0.282 e. The number of ether oxygens (including phenoxy) is 1. The van der Waals surface area contributed by atoms with Crippen molar-refractivity contribution >= 4 is 33.0 Å². The Morgan fingerprint density at radius 3 is 2.66 bits per heavy atom. The van der Waals surface area contributed by atoms with Gasteiger partial charge in [-0.15, -0.1) is 0 Å². The molecular weight excluding hydrogens is 430 g/mol. The van der Waals surface area contributed by atoms with E-state index in [-0.39, 0.29) is 17.6 Å². The third-order valence-electron chi connectivity index (χ3n) is 5.02. The first-order valence-electron chi connectivity index (χ1n) is 9.96. The number of nitrogens with zero attached hydrogens (tertiary/aromatic N) is 3. The van der Waals surface area contributed by atoms with Crippen LogP contribution < -0.4 is 10.3 Å². The summed E-state index contributed by atoms with van der Waals surface area (Å²) in [5.74, 6) is 1.50. The molecule has 0 aliphatic carbocycles. The maximum atomic E-state index is 13.2. The van der Waals surface area contributed by atoms with Crippen LogP contribution in [0.15, 0.2) is 56.8 Å². The maximum Gasteiger partial charge on any atom is 0.282 e. The molecule has 6 heteroatoms. The molecule has 1 heterocycles. The topological polar surface area (TPSA) is 56.5 Å². The summed E-state index contributed by atoms with van der Waals surface area (Å²) in [6, 6.07) is 13.3. The number of fused-ring (bicyclic) bond motifs is 1. The Labute approximate surface area is 179 Å². The average Bonchev–Trinajstić information content (AvgIpc) is 2.73. The number of aromatic nitrogens is 2. The third-order valence-corrected chi connectivity index (χ3v) is 5.51. The number of benzene rings is 2. The molecule has 0 saturated carbocycles. The van der Waals surface area contributed by atoms with E-state index in [2.05, 4.69) is 41.8 Å². The second-order valence-corrected chi connectivity index (χ2v) is 8.09. The maximum absolute atomic E-state index is 13.2. The van der Waals surface area contributed by atoms with Crippen LogP contribution in [0.1, 0.15) is 57.8 Å². The summed E-state index contributed by atoms with van der Waals surface area (Å²) in [5, 5.41) is 5.07. The summed E-state index contributed by atoms with van der Waals surface area (Å²) >= 11 is 3.44. The highest BCUT2D eigenvalue weighted by Crippen LogP contribution is 2.22. The molecule has 0 aliphatic rings. The second kappa shape index (κ2) is 9.35. The Bertz CT molecular complexity index is 1090. The quantitative estimate of drug-likeness (QED) is 0.427. The predicted octanol–water partition coefficient (Wildman–Crippen LogP) is 5.73. The lowest BCUT2D eigenvalue weighted by Crippen LogP contribution is -2.23. The molecule has 0 spiro atoms. The average molecular weight is 456 g/mol. The molecule has 3 rings (SSSR count). The van der Waals surface area contributed by atoms with Crippen molar-refractivity contribution in [1.82, 2.24) is 9.66 Å². The van der Waals surface area contributed by atoms with Crippen LogP contribution in [0.3, 0.4) is 0 Å². The van der Waals surface area contributed by atoms with Gasteiger partial charge in [-0.1, -0.05) is 48.8 Å². The Morgan fingerprint density at radius 2 is 1.93 bits per heavy atom. The summed E-state index contributed by atoms with van der Waals surface area (Å²) in [7, 11) is 0. The van der Waals surface area contributed by atoms with E-state index in [1.165, 1.54) is 4.68 Å². The highest BCUT2D eigenvalue weighted by molar-refractivity contribution is 9.10. The van der Waals surface area contributed by atoms with E-state index in [4.69, 9.17) is 9.72 Å². The Hall–Kier alpha value is -2.47. The van der Waals surface area contributed by atoms with E-state index >= 15 is 0 Å². The van der Waals surface area contributed by atoms with Crippen molar-refractivity contribution < 1.29 is 4.74 Å². The van der Waals surface area contributed by atoms with E-state index in [1.807, 2.05) is 43.3 Å². The molecule has 152 valence electrons. The van der Waals surface area contributed by atoms with Gasteiger partial charge >= 0.3 is 0 Å². The minimum Gasteiger partial charge on any atom is -0.490 e. The second-order valence-electron chi connectivity index (χ2n) is 7.18. The summed E-state index contributed by atoms with van der Waals surface area (Å²) in [6.45, 7) is 8.24. The molecule has 0 aliphatic heterocycles. The van der Waals surface area contributed by atoms with Gasteiger partial charge in [0.05, 0.1) is 23.2 Å². The largest absolute Gasteiger partial charge is 0.490 e. The van der Waals surface area contributed by atoms with E-state index in [0.717, 1.165) is 28.6 Å². The Balaban J connectivity index is 2.12. The molecule has 29 heavy (non-hydrogen) atoms. The van der Waals surface area contributed by atoms with Crippen molar-refractivity contribution in [1.29, 1.82) is 0 Å². The van der Waals surface area contributed by atoms with E-state index in [9.17, 15) is 4.79 Å². The molecule has 3 aromatic rings. The van der Waals surface area contributed by atoms with Crippen LogP contribution in [0.25, 0.3) is 10.9 Å². The molecule has 1 aromatic heterocycles. The van der Waals surface area contributed by atoms with Gasteiger partial charge in [0.25, 0.3) is 5.56 Å². The molecule has 5 nitrogen and oxygen atoms in total. The zero-order valence-electron chi connectivity index (χ0n) is 17.2. The van der Waals surface area contributed by atoms with Gasteiger partial charge in [0.1, 0.15) is 11.6 Å². The van der Waals surface area contributed by atoms with Gasteiger partial charge in [-0.05, 0) is 50.1 Å². The van der Waals surface area contributed by atoms with Crippen molar-refractivity contribution in [3.05, 3.63) is 68.7 Å². The van der Waals surface area contributed by atoms with Gasteiger partial charge < -0.3 is 4.74 Å². The van der Waals surface area contributed by atoms with Crippen molar-refractivity contribution in [2.45, 2.75) is 52.6 Å². The predicted molar refractivity (Wildman–Crippen MR) is 122 cm³/mol. The third kappa shape index (κ3) is 4.75. The fraction of sp³-hybridized carbons (Fsp3) is 0.348. The SMILES string of the molecule is CC[C@@H](C)c1nc2ccc(Br)cc2c(=O)n1N=Cc1ccccc1O[C@@H](C)CC.